The molecule has 10 nitrogen and oxygen atoms in total. The first kappa shape index (κ1) is 22.9. The number of nitrogens with zero attached hydrogens (tertiary/aromatic N) is 3. The van der Waals surface area contributed by atoms with Crippen LogP contribution in [0, 0.1) is 6.92 Å². The number of hydrogen-bond donors (Lipinski definition) is 5. The number of anilines is 1. The average Bonchev–Trinajstić information content (AvgIpc) is 2.65. The summed E-state index contributed by atoms with van der Waals surface area (Å²) in [5.41, 5.74) is 8.14. The standard InChI is InChI=1S/C14H19N4.C4H6O6/c1-3-6-13-16-9-12(14(15)17-13)10-18-8-5-4-7-11(18)2;5-1(3(7)8)2(6)4(9)10/h4-5,7-9H,3,6,10H2,1-2H3,(H2,15,16,17);1-2,5-6H,(H,7,8)(H,9,10)/q+1;. The third-order valence-corrected chi connectivity index (χ3v) is 3.73. The van der Waals surface area contributed by atoms with Crippen molar-refractivity contribution in [2.75, 3.05) is 5.73 Å². The van der Waals surface area contributed by atoms with Gasteiger partial charge in [-0.05, 0) is 6.42 Å². The zero-order valence-corrected chi connectivity index (χ0v) is 15.7. The zero-order valence-electron chi connectivity index (χ0n) is 15.7. The van der Waals surface area contributed by atoms with Crippen molar-refractivity contribution in [2.24, 2.45) is 0 Å². The number of nitrogens with two attached hydrogens (primary N) is 1. The fraction of sp³-hybridized carbons (Fsp3) is 0.389. The van der Waals surface area contributed by atoms with Crippen LogP contribution in [0.2, 0.25) is 0 Å². The van der Waals surface area contributed by atoms with Crippen LogP contribution in [0.25, 0.3) is 0 Å². The first-order valence-corrected chi connectivity index (χ1v) is 8.54. The van der Waals surface area contributed by atoms with Gasteiger partial charge < -0.3 is 26.2 Å². The maximum atomic E-state index is 9.77. The summed E-state index contributed by atoms with van der Waals surface area (Å²) in [7, 11) is 0. The molecule has 0 radical (unpaired) electrons. The van der Waals surface area contributed by atoms with Gasteiger partial charge in [-0.15, -0.1) is 0 Å². The summed E-state index contributed by atoms with van der Waals surface area (Å²) in [6, 6.07) is 6.11. The Bertz CT molecular complexity index is 796. The van der Waals surface area contributed by atoms with E-state index >= 15 is 0 Å². The van der Waals surface area contributed by atoms with Gasteiger partial charge in [0.15, 0.2) is 30.6 Å². The molecule has 2 unspecified atom stereocenters. The number of nitrogen functional groups attached to an aromatic ring is 1. The molecule has 0 saturated carbocycles. The van der Waals surface area contributed by atoms with E-state index in [-0.39, 0.29) is 0 Å². The molecule has 0 saturated heterocycles. The molecule has 0 amide bonds. The highest BCUT2D eigenvalue weighted by molar-refractivity contribution is 5.83. The molecular formula is C18H25N4O6+. The van der Waals surface area contributed by atoms with E-state index in [0.29, 0.717) is 12.4 Å². The minimum absolute atomic E-state index is 0.587. The van der Waals surface area contributed by atoms with E-state index in [4.69, 9.17) is 26.2 Å². The van der Waals surface area contributed by atoms with E-state index in [0.717, 1.165) is 24.2 Å². The van der Waals surface area contributed by atoms with Gasteiger partial charge in [-0.2, -0.15) is 4.57 Å². The van der Waals surface area contributed by atoms with Crippen LogP contribution in [0.3, 0.4) is 0 Å². The van der Waals surface area contributed by atoms with E-state index in [2.05, 4.69) is 34.4 Å². The number of aliphatic hydroxyl groups is 2. The second kappa shape index (κ2) is 10.9. The molecule has 0 spiro atoms. The molecular weight excluding hydrogens is 368 g/mol. The first-order chi connectivity index (χ1) is 13.2. The Morgan fingerprint density at radius 2 is 1.79 bits per heavy atom. The number of carboxylic acids is 2. The van der Waals surface area contributed by atoms with Crippen LogP contribution in [-0.2, 0) is 22.6 Å². The van der Waals surface area contributed by atoms with Crippen LogP contribution < -0.4 is 10.3 Å². The van der Waals surface area contributed by atoms with Gasteiger partial charge in [0.2, 0.25) is 0 Å². The van der Waals surface area contributed by atoms with Crippen molar-refractivity contribution in [3.8, 4) is 0 Å². The molecule has 0 aliphatic carbocycles. The molecule has 2 atom stereocenters. The predicted molar refractivity (Wildman–Crippen MR) is 98.2 cm³/mol. The quantitative estimate of drug-likeness (QED) is 0.390. The van der Waals surface area contributed by atoms with Crippen LogP contribution in [0.5, 0.6) is 0 Å². The van der Waals surface area contributed by atoms with Gasteiger partial charge in [0.1, 0.15) is 11.6 Å². The van der Waals surface area contributed by atoms with E-state index < -0.39 is 24.1 Å². The van der Waals surface area contributed by atoms with Gasteiger partial charge in [-0.1, -0.05) is 13.0 Å². The van der Waals surface area contributed by atoms with Crippen molar-refractivity contribution in [2.45, 2.75) is 45.4 Å². The predicted octanol–water partition coefficient (Wildman–Crippen LogP) is -0.467. The van der Waals surface area contributed by atoms with Gasteiger partial charge in [0.25, 0.3) is 0 Å². The van der Waals surface area contributed by atoms with Crippen molar-refractivity contribution in [3.05, 3.63) is 47.7 Å². The number of carbonyl (C=O) groups is 2. The summed E-state index contributed by atoms with van der Waals surface area (Å²) in [4.78, 5) is 28.2. The second-order valence-electron chi connectivity index (χ2n) is 5.98. The summed E-state index contributed by atoms with van der Waals surface area (Å²) in [6.07, 6.45) is 1.25. The Morgan fingerprint density at radius 1 is 1.18 bits per heavy atom. The molecule has 0 aliphatic heterocycles. The lowest BCUT2D eigenvalue weighted by molar-refractivity contribution is -0.694. The van der Waals surface area contributed by atoms with Crippen LogP contribution in [-0.4, -0.2) is 54.5 Å². The maximum Gasteiger partial charge on any atom is 0.335 e. The van der Waals surface area contributed by atoms with Crippen molar-refractivity contribution < 1.29 is 34.6 Å². The second-order valence-corrected chi connectivity index (χ2v) is 5.98. The zero-order chi connectivity index (χ0) is 21.3. The van der Waals surface area contributed by atoms with Gasteiger partial charge in [0, 0.05) is 31.7 Å². The molecule has 2 aromatic rings. The van der Waals surface area contributed by atoms with Crippen LogP contribution in [0.15, 0.2) is 30.6 Å². The summed E-state index contributed by atoms with van der Waals surface area (Å²) in [6.45, 7) is 4.89. The number of aliphatic carboxylic acids is 2. The molecule has 2 heterocycles. The summed E-state index contributed by atoms with van der Waals surface area (Å²) >= 11 is 0. The maximum absolute atomic E-state index is 9.77. The fourth-order valence-corrected chi connectivity index (χ4v) is 2.12. The monoisotopic (exact) mass is 393 g/mol. The van der Waals surface area contributed by atoms with Crippen molar-refractivity contribution in [1.82, 2.24) is 9.97 Å². The van der Waals surface area contributed by atoms with Crippen molar-refractivity contribution in [3.63, 3.8) is 0 Å². The summed E-state index contributed by atoms with van der Waals surface area (Å²) in [5.74, 6) is -2.12. The van der Waals surface area contributed by atoms with E-state index in [9.17, 15) is 9.59 Å². The summed E-state index contributed by atoms with van der Waals surface area (Å²) in [5, 5.41) is 32.5. The number of hydrogen-bond acceptors (Lipinski definition) is 7. The lowest BCUT2D eigenvalue weighted by atomic mass is 10.2. The lowest BCUT2D eigenvalue weighted by Crippen LogP contribution is -2.39. The number of aryl methyl sites for hydroxylation is 2. The SMILES string of the molecule is CCCc1ncc(C[n+]2ccccc2C)c(N)n1.O=C(O)C(O)C(O)C(=O)O. The average molecular weight is 393 g/mol. The fourth-order valence-electron chi connectivity index (χ4n) is 2.12. The smallest absolute Gasteiger partial charge is 0.335 e. The Morgan fingerprint density at radius 3 is 2.25 bits per heavy atom. The topological polar surface area (TPSA) is 171 Å². The van der Waals surface area contributed by atoms with Crippen LogP contribution in [0.4, 0.5) is 5.82 Å². The van der Waals surface area contributed by atoms with E-state index in [1.807, 2.05) is 24.5 Å². The van der Waals surface area contributed by atoms with Crippen LogP contribution in [0.1, 0.15) is 30.4 Å². The number of aliphatic hydroxyl groups excluding tert-OH is 2. The lowest BCUT2D eigenvalue weighted by Gasteiger charge is -2.07. The van der Waals surface area contributed by atoms with Gasteiger partial charge in [-0.3, -0.25) is 0 Å². The highest BCUT2D eigenvalue weighted by Gasteiger charge is 2.29. The van der Waals surface area contributed by atoms with E-state index in [1.165, 1.54) is 5.69 Å². The third-order valence-electron chi connectivity index (χ3n) is 3.73. The van der Waals surface area contributed by atoms with E-state index in [1.54, 1.807) is 0 Å². The van der Waals surface area contributed by atoms with Crippen molar-refractivity contribution >= 4 is 17.8 Å². The van der Waals surface area contributed by atoms with Crippen molar-refractivity contribution in [1.29, 1.82) is 0 Å². The molecule has 0 aliphatic rings. The molecule has 2 aromatic heterocycles. The number of rotatable bonds is 7. The number of pyridine rings is 1. The highest BCUT2D eigenvalue weighted by atomic mass is 16.4. The molecule has 10 heteroatoms. The van der Waals surface area contributed by atoms with Crippen LogP contribution >= 0.6 is 0 Å². The Kier molecular flexibility index (Phi) is 8.93. The Balaban J connectivity index is 0.000000336. The molecule has 152 valence electrons. The minimum Gasteiger partial charge on any atom is -0.479 e. The molecule has 28 heavy (non-hydrogen) atoms. The first-order valence-electron chi connectivity index (χ1n) is 8.54. The molecule has 6 N–H and O–H groups in total. The largest absolute Gasteiger partial charge is 0.479 e. The van der Waals surface area contributed by atoms with Gasteiger partial charge in [-0.25, -0.2) is 19.6 Å². The molecule has 2 rings (SSSR count). The normalized spacial score (nSPS) is 12.4. The molecule has 0 bridgehead atoms. The Hall–Kier alpha value is -3.11. The summed E-state index contributed by atoms with van der Waals surface area (Å²) < 4.78 is 2.13. The van der Waals surface area contributed by atoms with Gasteiger partial charge in [0.05, 0.1) is 5.56 Å². The highest BCUT2D eigenvalue weighted by Crippen LogP contribution is 2.08. The Labute approximate surface area is 161 Å². The number of carboxylic acid groups (broad SMARTS) is 2. The minimum atomic E-state index is -2.27. The molecule has 0 fully saturated rings. The number of aromatic nitrogens is 3. The third kappa shape index (κ3) is 6.89. The van der Waals surface area contributed by atoms with Gasteiger partial charge >= 0.3 is 11.9 Å². The molecule has 0 aromatic carbocycles.